The van der Waals surface area contributed by atoms with Crippen molar-refractivity contribution in [2.75, 3.05) is 13.2 Å². The lowest BCUT2D eigenvalue weighted by molar-refractivity contribution is -0.120. The predicted octanol–water partition coefficient (Wildman–Crippen LogP) is 1.07. The van der Waals surface area contributed by atoms with Gasteiger partial charge >= 0.3 is 0 Å². The van der Waals surface area contributed by atoms with Crippen molar-refractivity contribution in [1.82, 2.24) is 5.32 Å². The van der Waals surface area contributed by atoms with E-state index >= 15 is 0 Å². The van der Waals surface area contributed by atoms with Gasteiger partial charge in [0.1, 0.15) is 0 Å². The number of carbonyl (C=O) groups is 1. The second-order valence-corrected chi connectivity index (χ2v) is 2.84. The molecule has 0 atom stereocenters. The van der Waals surface area contributed by atoms with E-state index in [0.29, 0.717) is 6.42 Å². The Morgan fingerprint density at radius 1 is 1.25 bits per heavy atom. The first kappa shape index (κ1) is 11.4. The lowest BCUT2D eigenvalue weighted by Crippen LogP contribution is -2.23. The summed E-state index contributed by atoms with van der Waals surface area (Å²) in [6.07, 6.45) is 4.60. The molecule has 0 radical (unpaired) electrons. The van der Waals surface area contributed by atoms with Crippen LogP contribution in [0.25, 0.3) is 0 Å². The molecule has 0 rings (SSSR count). The minimum Gasteiger partial charge on any atom is -0.396 e. The van der Waals surface area contributed by atoms with Gasteiger partial charge in [-0.3, -0.25) is 4.79 Å². The van der Waals surface area contributed by atoms with Crippen LogP contribution in [0.3, 0.4) is 0 Å². The lowest BCUT2D eigenvalue weighted by atomic mass is 10.2. The van der Waals surface area contributed by atoms with Crippen LogP contribution in [0, 0.1) is 0 Å². The number of rotatable bonds is 7. The number of hydrogen-bond donors (Lipinski definition) is 2. The standard InChI is InChI=1S/C9H19NO2/c1-2-9(12)10-7-5-3-4-6-8-11/h11H,2-8H2,1H3,(H,10,12). The fraction of sp³-hybridized carbons (Fsp3) is 0.889. The van der Waals surface area contributed by atoms with Crippen LogP contribution >= 0.6 is 0 Å². The van der Waals surface area contributed by atoms with E-state index in [1.165, 1.54) is 0 Å². The van der Waals surface area contributed by atoms with Crippen LogP contribution in [0.15, 0.2) is 0 Å². The molecule has 0 aliphatic heterocycles. The first-order valence-electron chi connectivity index (χ1n) is 4.68. The first-order chi connectivity index (χ1) is 5.81. The Bertz CT molecular complexity index is 115. The van der Waals surface area contributed by atoms with Crippen LogP contribution in [0.5, 0.6) is 0 Å². The average molecular weight is 173 g/mol. The van der Waals surface area contributed by atoms with E-state index in [2.05, 4.69) is 5.32 Å². The van der Waals surface area contributed by atoms with Crippen LogP contribution in [0.2, 0.25) is 0 Å². The maximum absolute atomic E-state index is 10.7. The van der Waals surface area contributed by atoms with Crippen molar-refractivity contribution in [2.45, 2.75) is 39.0 Å². The van der Waals surface area contributed by atoms with Gasteiger partial charge in [-0.2, -0.15) is 0 Å². The highest BCUT2D eigenvalue weighted by Gasteiger charge is 1.94. The van der Waals surface area contributed by atoms with E-state index in [4.69, 9.17) is 5.11 Å². The molecule has 0 aliphatic carbocycles. The molecule has 0 spiro atoms. The zero-order valence-corrected chi connectivity index (χ0v) is 7.81. The van der Waals surface area contributed by atoms with Crippen molar-refractivity contribution in [3.63, 3.8) is 0 Å². The third-order valence-corrected chi connectivity index (χ3v) is 1.73. The highest BCUT2D eigenvalue weighted by atomic mass is 16.2. The zero-order chi connectivity index (χ0) is 9.23. The topological polar surface area (TPSA) is 49.3 Å². The van der Waals surface area contributed by atoms with E-state index in [9.17, 15) is 4.79 Å². The van der Waals surface area contributed by atoms with E-state index in [1.54, 1.807) is 0 Å². The van der Waals surface area contributed by atoms with Gasteiger partial charge in [0.25, 0.3) is 0 Å². The van der Waals surface area contributed by atoms with Crippen molar-refractivity contribution >= 4 is 5.91 Å². The molecule has 12 heavy (non-hydrogen) atoms. The number of unbranched alkanes of at least 4 members (excludes halogenated alkanes) is 3. The van der Waals surface area contributed by atoms with Gasteiger partial charge in [-0.1, -0.05) is 19.8 Å². The summed E-state index contributed by atoms with van der Waals surface area (Å²) in [6, 6.07) is 0. The molecule has 2 N–H and O–H groups in total. The third kappa shape index (κ3) is 7.54. The Hall–Kier alpha value is -0.570. The quantitative estimate of drug-likeness (QED) is 0.566. The zero-order valence-electron chi connectivity index (χ0n) is 7.81. The number of nitrogens with one attached hydrogen (secondary N) is 1. The number of aliphatic hydroxyl groups is 1. The number of amides is 1. The molecule has 0 unspecified atom stereocenters. The molecule has 1 amide bonds. The Balaban J connectivity index is 2.95. The van der Waals surface area contributed by atoms with E-state index in [0.717, 1.165) is 32.2 Å². The van der Waals surface area contributed by atoms with Gasteiger partial charge in [0, 0.05) is 19.6 Å². The predicted molar refractivity (Wildman–Crippen MR) is 48.9 cm³/mol. The van der Waals surface area contributed by atoms with Crippen LogP contribution in [0.4, 0.5) is 0 Å². The highest BCUT2D eigenvalue weighted by molar-refractivity contribution is 5.75. The molecule has 0 aromatic heterocycles. The molecule has 3 heteroatoms. The fourth-order valence-corrected chi connectivity index (χ4v) is 0.943. The summed E-state index contributed by atoms with van der Waals surface area (Å²) in [5.74, 6) is 0.122. The molecule has 3 nitrogen and oxygen atoms in total. The van der Waals surface area contributed by atoms with Crippen molar-refractivity contribution < 1.29 is 9.90 Å². The Morgan fingerprint density at radius 3 is 2.50 bits per heavy atom. The molecular formula is C9H19NO2. The summed E-state index contributed by atoms with van der Waals surface area (Å²) in [4.78, 5) is 10.7. The number of carbonyl (C=O) groups excluding carboxylic acids is 1. The molecule has 0 bridgehead atoms. The van der Waals surface area contributed by atoms with Gasteiger partial charge in [0.05, 0.1) is 0 Å². The maximum Gasteiger partial charge on any atom is 0.219 e. The minimum atomic E-state index is 0.122. The Labute approximate surface area is 74.2 Å². The van der Waals surface area contributed by atoms with Crippen LogP contribution in [-0.2, 0) is 4.79 Å². The van der Waals surface area contributed by atoms with E-state index in [1.807, 2.05) is 6.92 Å². The van der Waals surface area contributed by atoms with Gasteiger partial charge < -0.3 is 10.4 Å². The number of hydrogen-bond acceptors (Lipinski definition) is 2. The van der Waals surface area contributed by atoms with Crippen molar-refractivity contribution in [1.29, 1.82) is 0 Å². The largest absolute Gasteiger partial charge is 0.396 e. The van der Waals surface area contributed by atoms with Gasteiger partial charge in [-0.25, -0.2) is 0 Å². The normalized spacial score (nSPS) is 9.83. The van der Waals surface area contributed by atoms with Crippen LogP contribution < -0.4 is 5.32 Å². The first-order valence-corrected chi connectivity index (χ1v) is 4.68. The van der Waals surface area contributed by atoms with Crippen molar-refractivity contribution in [3.05, 3.63) is 0 Å². The molecule has 0 aromatic rings. The van der Waals surface area contributed by atoms with Gasteiger partial charge in [-0.15, -0.1) is 0 Å². The van der Waals surface area contributed by atoms with Gasteiger partial charge in [0.15, 0.2) is 0 Å². The molecule has 0 saturated heterocycles. The van der Waals surface area contributed by atoms with Gasteiger partial charge in [-0.05, 0) is 12.8 Å². The molecule has 0 heterocycles. The molecule has 0 fully saturated rings. The average Bonchev–Trinajstić information content (AvgIpc) is 2.10. The minimum absolute atomic E-state index is 0.122. The summed E-state index contributed by atoms with van der Waals surface area (Å²) < 4.78 is 0. The summed E-state index contributed by atoms with van der Waals surface area (Å²) >= 11 is 0. The Morgan fingerprint density at radius 2 is 1.92 bits per heavy atom. The van der Waals surface area contributed by atoms with Crippen molar-refractivity contribution in [3.8, 4) is 0 Å². The summed E-state index contributed by atoms with van der Waals surface area (Å²) in [6.45, 7) is 2.90. The smallest absolute Gasteiger partial charge is 0.219 e. The second kappa shape index (κ2) is 8.53. The SMILES string of the molecule is CCC(=O)NCCCCCCO. The van der Waals surface area contributed by atoms with Crippen molar-refractivity contribution in [2.24, 2.45) is 0 Å². The highest BCUT2D eigenvalue weighted by Crippen LogP contribution is 1.97. The van der Waals surface area contributed by atoms with E-state index < -0.39 is 0 Å². The third-order valence-electron chi connectivity index (χ3n) is 1.73. The molecular weight excluding hydrogens is 154 g/mol. The number of aliphatic hydroxyl groups excluding tert-OH is 1. The molecule has 72 valence electrons. The lowest BCUT2D eigenvalue weighted by Gasteiger charge is -2.02. The maximum atomic E-state index is 10.7. The van der Waals surface area contributed by atoms with Crippen LogP contribution in [-0.4, -0.2) is 24.2 Å². The Kier molecular flexibility index (Phi) is 8.12. The molecule has 0 saturated carbocycles. The molecule has 0 aliphatic rings. The monoisotopic (exact) mass is 173 g/mol. The molecule has 0 aromatic carbocycles. The van der Waals surface area contributed by atoms with Crippen LogP contribution in [0.1, 0.15) is 39.0 Å². The summed E-state index contributed by atoms with van der Waals surface area (Å²) in [7, 11) is 0. The fourth-order valence-electron chi connectivity index (χ4n) is 0.943. The van der Waals surface area contributed by atoms with E-state index in [-0.39, 0.29) is 12.5 Å². The second-order valence-electron chi connectivity index (χ2n) is 2.84. The summed E-state index contributed by atoms with van der Waals surface area (Å²) in [5, 5.41) is 11.3. The summed E-state index contributed by atoms with van der Waals surface area (Å²) in [5.41, 5.74) is 0. The van der Waals surface area contributed by atoms with Gasteiger partial charge in [0.2, 0.25) is 5.91 Å².